The number of carbonyl (C=O) groups excluding carboxylic acids is 1. The van der Waals surface area contributed by atoms with Crippen LogP contribution in [0.4, 0.5) is 0 Å². The van der Waals surface area contributed by atoms with Gasteiger partial charge in [0.2, 0.25) is 15.9 Å². The van der Waals surface area contributed by atoms with Gasteiger partial charge in [0.15, 0.2) is 0 Å². The SMILES string of the molecule is CCCCN(CC(=O)N(CCc1c[nH]c2ccccc12)Cc1ccc(C(C)(C)C)cc1)S(=O)(=O)c1ccc(C)cc1. The van der Waals surface area contributed by atoms with Gasteiger partial charge >= 0.3 is 0 Å². The molecule has 0 fully saturated rings. The second-order valence-corrected chi connectivity index (χ2v) is 13.8. The first-order valence-corrected chi connectivity index (χ1v) is 15.9. The van der Waals surface area contributed by atoms with Crippen LogP contribution >= 0.6 is 0 Å². The van der Waals surface area contributed by atoms with Crippen molar-refractivity contribution in [3.8, 4) is 0 Å². The molecule has 6 nitrogen and oxygen atoms in total. The number of nitrogens with one attached hydrogen (secondary N) is 1. The van der Waals surface area contributed by atoms with E-state index < -0.39 is 10.0 Å². The smallest absolute Gasteiger partial charge is 0.243 e. The van der Waals surface area contributed by atoms with Gasteiger partial charge in [0.05, 0.1) is 11.4 Å². The van der Waals surface area contributed by atoms with E-state index in [2.05, 4.69) is 56.1 Å². The number of carbonyl (C=O) groups is 1. The number of H-pyrrole nitrogens is 1. The summed E-state index contributed by atoms with van der Waals surface area (Å²) in [6.07, 6.45) is 4.18. The van der Waals surface area contributed by atoms with Crippen LogP contribution in [0.2, 0.25) is 0 Å². The van der Waals surface area contributed by atoms with Crippen LogP contribution < -0.4 is 0 Å². The van der Waals surface area contributed by atoms with Gasteiger partial charge in [0, 0.05) is 36.7 Å². The Labute approximate surface area is 245 Å². The molecular formula is C34H43N3O3S. The number of unbranched alkanes of at least 4 members (excludes halogenated alkanes) is 1. The Bertz CT molecular complexity index is 1550. The third kappa shape index (κ3) is 7.66. The van der Waals surface area contributed by atoms with Crippen molar-refractivity contribution in [2.45, 2.75) is 70.7 Å². The van der Waals surface area contributed by atoms with Gasteiger partial charge in [-0.1, -0.05) is 94.3 Å². The van der Waals surface area contributed by atoms with E-state index in [-0.39, 0.29) is 22.8 Å². The summed E-state index contributed by atoms with van der Waals surface area (Å²) in [6, 6.07) is 23.4. The fraction of sp³-hybridized carbons (Fsp3) is 0.382. The number of hydrogen-bond donors (Lipinski definition) is 1. The number of para-hydroxylation sites is 1. The Morgan fingerprint density at radius 2 is 1.59 bits per heavy atom. The third-order valence-electron chi connectivity index (χ3n) is 7.60. The van der Waals surface area contributed by atoms with E-state index in [0.717, 1.165) is 34.0 Å². The largest absolute Gasteiger partial charge is 0.361 e. The fourth-order valence-electron chi connectivity index (χ4n) is 4.95. The first-order chi connectivity index (χ1) is 19.5. The molecule has 7 heteroatoms. The Hall–Kier alpha value is -3.42. The number of amides is 1. The highest BCUT2D eigenvalue weighted by Gasteiger charge is 2.28. The number of nitrogens with zero attached hydrogens (tertiary/aromatic N) is 2. The maximum atomic E-state index is 13.9. The van der Waals surface area contributed by atoms with Crippen molar-refractivity contribution >= 4 is 26.8 Å². The lowest BCUT2D eigenvalue weighted by Crippen LogP contribution is -2.43. The molecule has 0 bridgehead atoms. The normalized spacial score (nSPS) is 12.2. The zero-order chi connectivity index (χ0) is 29.6. The summed E-state index contributed by atoms with van der Waals surface area (Å²) in [5.41, 5.74) is 5.47. The van der Waals surface area contributed by atoms with E-state index in [0.29, 0.717) is 32.5 Å². The van der Waals surface area contributed by atoms with Gasteiger partial charge in [-0.3, -0.25) is 4.79 Å². The van der Waals surface area contributed by atoms with E-state index in [9.17, 15) is 13.2 Å². The van der Waals surface area contributed by atoms with Crippen molar-refractivity contribution in [1.82, 2.24) is 14.2 Å². The summed E-state index contributed by atoms with van der Waals surface area (Å²) in [4.78, 5) is 19.3. The lowest BCUT2D eigenvalue weighted by molar-refractivity contribution is -0.132. The zero-order valence-electron chi connectivity index (χ0n) is 25.0. The average molecular weight is 574 g/mol. The van der Waals surface area contributed by atoms with Crippen molar-refractivity contribution in [3.05, 3.63) is 101 Å². The number of sulfonamides is 1. The Morgan fingerprint density at radius 3 is 2.24 bits per heavy atom. The topological polar surface area (TPSA) is 73.5 Å². The summed E-state index contributed by atoms with van der Waals surface area (Å²) < 4.78 is 28.6. The molecular weight excluding hydrogens is 530 g/mol. The monoisotopic (exact) mass is 573 g/mol. The predicted molar refractivity (Wildman–Crippen MR) is 167 cm³/mol. The van der Waals surface area contributed by atoms with Crippen LogP contribution in [-0.4, -0.2) is 48.1 Å². The maximum Gasteiger partial charge on any atom is 0.243 e. The second kappa shape index (κ2) is 13.0. The van der Waals surface area contributed by atoms with Crippen LogP contribution in [0.3, 0.4) is 0 Å². The molecule has 1 N–H and O–H groups in total. The molecule has 0 aliphatic rings. The quantitative estimate of drug-likeness (QED) is 0.202. The van der Waals surface area contributed by atoms with Gasteiger partial charge in [-0.25, -0.2) is 8.42 Å². The lowest BCUT2D eigenvalue weighted by Gasteiger charge is -2.28. The van der Waals surface area contributed by atoms with Gasteiger partial charge in [0.1, 0.15) is 0 Å². The zero-order valence-corrected chi connectivity index (χ0v) is 25.8. The first-order valence-electron chi connectivity index (χ1n) is 14.5. The van der Waals surface area contributed by atoms with E-state index in [1.165, 1.54) is 9.87 Å². The van der Waals surface area contributed by atoms with Crippen LogP contribution in [0.5, 0.6) is 0 Å². The third-order valence-corrected chi connectivity index (χ3v) is 9.46. The van der Waals surface area contributed by atoms with Crippen molar-refractivity contribution in [2.75, 3.05) is 19.6 Å². The van der Waals surface area contributed by atoms with Gasteiger partial charge in [-0.15, -0.1) is 0 Å². The Morgan fingerprint density at radius 1 is 0.902 bits per heavy atom. The molecule has 0 saturated heterocycles. The Kier molecular flexibility index (Phi) is 9.72. The number of rotatable bonds is 12. The molecule has 41 heavy (non-hydrogen) atoms. The van der Waals surface area contributed by atoms with Crippen LogP contribution in [0, 0.1) is 6.92 Å². The van der Waals surface area contributed by atoms with Gasteiger partial charge in [0.25, 0.3) is 0 Å². The highest BCUT2D eigenvalue weighted by Crippen LogP contribution is 2.24. The lowest BCUT2D eigenvalue weighted by atomic mass is 9.87. The molecule has 218 valence electrons. The van der Waals surface area contributed by atoms with Gasteiger partial charge in [-0.05, 0) is 60.1 Å². The van der Waals surface area contributed by atoms with Crippen LogP contribution in [0.25, 0.3) is 10.9 Å². The van der Waals surface area contributed by atoms with Crippen molar-refractivity contribution < 1.29 is 13.2 Å². The second-order valence-electron chi connectivity index (χ2n) is 11.9. The first kappa shape index (κ1) is 30.5. The highest BCUT2D eigenvalue weighted by atomic mass is 32.2. The van der Waals surface area contributed by atoms with Gasteiger partial charge in [-0.2, -0.15) is 4.31 Å². The number of aromatic amines is 1. The predicted octanol–water partition coefficient (Wildman–Crippen LogP) is 6.84. The molecule has 0 aliphatic carbocycles. The standard InChI is InChI=1S/C34H43N3O3S/c1-6-7-21-37(41(39,40)30-18-12-26(2)13-19-30)25-33(38)36(24-27-14-16-29(17-15-27)34(3,4)5)22-20-28-23-35-32-11-9-8-10-31(28)32/h8-19,23,35H,6-7,20-22,24-25H2,1-5H3. The summed E-state index contributed by atoms with van der Waals surface area (Å²) in [6.45, 7) is 11.5. The molecule has 4 aromatic rings. The Balaban J connectivity index is 1.59. The minimum absolute atomic E-state index is 0.0352. The molecule has 0 spiro atoms. The molecule has 1 aromatic heterocycles. The van der Waals surface area contributed by atoms with Crippen LogP contribution in [-0.2, 0) is 33.2 Å². The average Bonchev–Trinajstić information content (AvgIpc) is 3.36. The molecule has 1 heterocycles. The molecule has 0 saturated carbocycles. The molecule has 0 unspecified atom stereocenters. The molecule has 0 atom stereocenters. The minimum atomic E-state index is -3.82. The summed E-state index contributed by atoms with van der Waals surface area (Å²) in [5, 5.41) is 1.14. The van der Waals surface area contributed by atoms with E-state index in [1.54, 1.807) is 29.2 Å². The maximum absolute atomic E-state index is 13.9. The number of aromatic nitrogens is 1. The fourth-order valence-corrected chi connectivity index (χ4v) is 6.37. The van der Waals surface area contributed by atoms with Gasteiger partial charge < -0.3 is 9.88 Å². The molecule has 3 aromatic carbocycles. The molecule has 0 aliphatic heterocycles. The van der Waals surface area contributed by atoms with E-state index in [4.69, 9.17) is 0 Å². The van der Waals surface area contributed by atoms with Crippen molar-refractivity contribution in [3.63, 3.8) is 0 Å². The highest BCUT2D eigenvalue weighted by molar-refractivity contribution is 7.89. The summed E-state index contributed by atoms with van der Waals surface area (Å²) in [5.74, 6) is -0.198. The molecule has 4 rings (SSSR count). The summed E-state index contributed by atoms with van der Waals surface area (Å²) in [7, 11) is -3.82. The van der Waals surface area contributed by atoms with Crippen LogP contribution in [0.15, 0.2) is 83.9 Å². The van der Waals surface area contributed by atoms with E-state index in [1.807, 2.05) is 38.2 Å². The molecule has 0 radical (unpaired) electrons. The number of hydrogen-bond acceptors (Lipinski definition) is 3. The summed E-state index contributed by atoms with van der Waals surface area (Å²) >= 11 is 0. The molecule has 1 amide bonds. The van der Waals surface area contributed by atoms with Crippen molar-refractivity contribution in [1.29, 1.82) is 0 Å². The van der Waals surface area contributed by atoms with Crippen molar-refractivity contribution in [2.24, 2.45) is 0 Å². The number of fused-ring (bicyclic) bond motifs is 1. The number of benzene rings is 3. The van der Waals surface area contributed by atoms with Crippen LogP contribution in [0.1, 0.15) is 62.8 Å². The number of aryl methyl sites for hydroxylation is 1. The van der Waals surface area contributed by atoms with E-state index >= 15 is 0 Å². The minimum Gasteiger partial charge on any atom is -0.361 e.